The molecule has 0 bridgehead atoms. The van der Waals surface area contributed by atoms with Gasteiger partial charge in [-0.15, -0.1) is 11.8 Å². The van der Waals surface area contributed by atoms with E-state index < -0.39 is 10.0 Å². The predicted octanol–water partition coefficient (Wildman–Crippen LogP) is 3.97. The first-order valence-corrected chi connectivity index (χ1v) is 10.9. The van der Waals surface area contributed by atoms with Gasteiger partial charge < -0.3 is 9.84 Å². The first-order valence-electron chi connectivity index (χ1n) is 8.55. The zero-order chi connectivity index (χ0) is 19.7. The molecule has 7 nitrogen and oxygen atoms in total. The highest BCUT2D eigenvalue weighted by molar-refractivity contribution is 8.00. The average Bonchev–Trinajstić information content (AvgIpc) is 3.13. The quantitative estimate of drug-likeness (QED) is 0.669. The fraction of sp³-hybridized carbons (Fsp3) is 0.158. The minimum Gasteiger partial charge on any atom is -0.356 e. The van der Waals surface area contributed by atoms with Gasteiger partial charge >= 0.3 is 0 Å². The van der Waals surface area contributed by atoms with Crippen LogP contribution in [0.3, 0.4) is 0 Å². The first-order chi connectivity index (χ1) is 13.4. The number of rotatable bonds is 4. The van der Waals surface area contributed by atoms with Gasteiger partial charge in [0.05, 0.1) is 16.8 Å². The van der Waals surface area contributed by atoms with Crippen molar-refractivity contribution in [3.05, 3.63) is 54.7 Å². The van der Waals surface area contributed by atoms with Gasteiger partial charge in [0.2, 0.25) is 5.91 Å². The summed E-state index contributed by atoms with van der Waals surface area (Å²) in [5, 5.41) is 6.57. The maximum Gasteiger partial charge on any atom is 0.261 e. The van der Waals surface area contributed by atoms with Crippen LogP contribution in [-0.2, 0) is 14.8 Å². The molecule has 0 radical (unpaired) electrons. The van der Waals surface area contributed by atoms with Gasteiger partial charge in [-0.3, -0.25) is 9.52 Å². The van der Waals surface area contributed by atoms with Crippen LogP contribution in [0.15, 0.2) is 69.0 Å². The highest BCUT2D eigenvalue weighted by Crippen LogP contribution is 2.36. The summed E-state index contributed by atoms with van der Waals surface area (Å²) in [6.07, 6.45) is 1.93. The molecular weight excluding hydrogens is 398 g/mol. The summed E-state index contributed by atoms with van der Waals surface area (Å²) in [6.45, 7) is 1.97. The smallest absolute Gasteiger partial charge is 0.261 e. The lowest BCUT2D eigenvalue weighted by Crippen LogP contribution is -2.15. The van der Waals surface area contributed by atoms with Crippen molar-refractivity contribution in [3.8, 4) is 11.3 Å². The van der Waals surface area contributed by atoms with Gasteiger partial charge in [0.1, 0.15) is 0 Å². The summed E-state index contributed by atoms with van der Waals surface area (Å²) in [5.41, 5.74) is 1.73. The number of hydrogen-bond acceptors (Lipinski definition) is 6. The van der Waals surface area contributed by atoms with Crippen LogP contribution in [0, 0.1) is 0 Å². The highest BCUT2D eigenvalue weighted by Gasteiger charge is 2.22. The lowest BCUT2D eigenvalue weighted by molar-refractivity contribution is -0.116. The number of benzene rings is 2. The Bertz CT molecular complexity index is 1110. The SMILES string of the molecule is C[C@@H]1CC(=O)Nc2cc(S(=O)(=O)Nc3ccc(-c4ccno4)cc3)ccc2S1. The second-order valence-corrected chi connectivity index (χ2v) is 9.56. The Balaban J connectivity index is 1.58. The van der Waals surface area contributed by atoms with E-state index in [2.05, 4.69) is 15.2 Å². The van der Waals surface area contributed by atoms with Crippen molar-refractivity contribution < 1.29 is 17.7 Å². The van der Waals surface area contributed by atoms with Crippen LogP contribution in [0.4, 0.5) is 11.4 Å². The molecule has 2 N–H and O–H groups in total. The number of carbonyl (C=O) groups is 1. The number of fused-ring (bicyclic) bond motifs is 1. The van der Waals surface area contributed by atoms with E-state index in [9.17, 15) is 13.2 Å². The van der Waals surface area contributed by atoms with Gasteiger partial charge in [0.25, 0.3) is 10.0 Å². The van der Waals surface area contributed by atoms with Crippen LogP contribution in [0.1, 0.15) is 13.3 Å². The minimum atomic E-state index is -3.80. The summed E-state index contributed by atoms with van der Waals surface area (Å²) in [5.74, 6) is 0.479. The molecule has 1 aliphatic heterocycles. The van der Waals surface area contributed by atoms with Gasteiger partial charge in [-0.2, -0.15) is 0 Å². The van der Waals surface area contributed by atoms with Crippen LogP contribution < -0.4 is 10.0 Å². The van der Waals surface area contributed by atoms with Gasteiger partial charge in [0.15, 0.2) is 5.76 Å². The van der Waals surface area contributed by atoms with E-state index in [-0.39, 0.29) is 16.1 Å². The third-order valence-electron chi connectivity index (χ3n) is 4.20. The summed E-state index contributed by atoms with van der Waals surface area (Å²) in [6, 6.07) is 13.3. The number of nitrogens with one attached hydrogen (secondary N) is 2. The number of hydrogen-bond donors (Lipinski definition) is 2. The van der Waals surface area contributed by atoms with E-state index in [1.807, 2.05) is 6.92 Å². The van der Waals surface area contributed by atoms with Crippen molar-refractivity contribution in [2.75, 3.05) is 10.0 Å². The van der Waals surface area contributed by atoms with E-state index in [1.54, 1.807) is 60.4 Å². The summed E-state index contributed by atoms with van der Waals surface area (Å²) >= 11 is 1.55. The molecule has 1 aromatic heterocycles. The number of sulfonamides is 1. The molecule has 28 heavy (non-hydrogen) atoms. The average molecular weight is 415 g/mol. The van der Waals surface area contributed by atoms with Crippen LogP contribution in [0.5, 0.6) is 0 Å². The van der Waals surface area contributed by atoms with Crippen molar-refractivity contribution in [1.82, 2.24) is 5.16 Å². The Hall–Kier alpha value is -2.78. The number of nitrogens with zero attached hydrogens (tertiary/aromatic N) is 1. The fourth-order valence-electron chi connectivity index (χ4n) is 2.88. The van der Waals surface area contributed by atoms with Crippen molar-refractivity contribution in [2.45, 2.75) is 28.4 Å². The topological polar surface area (TPSA) is 101 Å². The normalized spacial score (nSPS) is 16.8. The molecular formula is C19H17N3O4S2. The number of anilines is 2. The van der Waals surface area contributed by atoms with E-state index in [0.717, 1.165) is 10.5 Å². The van der Waals surface area contributed by atoms with E-state index in [1.165, 1.54) is 6.07 Å². The lowest BCUT2D eigenvalue weighted by atomic mass is 10.1. The predicted molar refractivity (Wildman–Crippen MR) is 108 cm³/mol. The van der Waals surface area contributed by atoms with Crippen LogP contribution in [0.2, 0.25) is 0 Å². The molecule has 1 aliphatic rings. The van der Waals surface area contributed by atoms with E-state index in [0.29, 0.717) is 23.6 Å². The number of aromatic nitrogens is 1. The Labute approximate surface area is 166 Å². The highest BCUT2D eigenvalue weighted by atomic mass is 32.2. The van der Waals surface area contributed by atoms with Gasteiger partial charge in [-0.25, -0.2) is 8.42 Å². The van der Waals surface area contributed by atoms with Crippen LogP contribution in [-0.4, -0.2) is 24.7 Å². The molecule has 0 saturated heterocycles. The van der Waals surface area contributed by atoms with E-state index >= 15 is 0 Å². The molecule has 3 aromatic rings. The third-order valence-corrected chi connectivity index (χ3v) is 6.75. The second kappa shape index (κ2) is 7.33. The van der Waals surface area contributed by atoms with Crippen molar-refractivity contribution in [3.63, 3.8) is 0 Å². The van der Waals surface area contributed by atoms with Gasteiger partial charge in [-0.05, 0) is 42.5 Å². The molecule has 0 fully saturated rings. The summed E-state index contributed by atoms with van der Waals surface area (Å²) < 4.78 is 33.2. The lowest BCUT2D eigenvalue weighted by Gasteiger charge is -2.12. The Morgan fingerprint density at radius 1 is 1.18 bits per heavy atom. The first kappa shape index (κ1) is 18.6. The molecule has 1 atom stereocenters. The van der Waals surface area contributed by atoms with E-state index in [4.69, 9.17) is 4.52 Å². The molecule has 2 heterocycles. The monoisotopic (exact) mass is 415 g/mol. The van der Waals surface area contributed by atoms with Crippen LogP contribution in [0.25, 0.3) is 11.3 Å². The summed E-state index contributed by atoms with van der Waals surface area (Å²) in [4.78, 5) is 12.9. The molecule has 0 spiro atoms. The number of carbonyl (C=O) groups excluding carboxylic acids is 1. The van der Waals surface area contributed by atoms with Gasteiger partial charge in [0, 0.05) is 33.9 Å². The fourth-order valence-corrected chi connectivity index (χ4v) is 5.01. The molecule has 0 unspecified atom stereocenters. The zero-order valence-electron chi connectivity index (χ0n) is 14.9. The van der Waals surface area contributed by atoms with Crippen molar-refractivity contribution in [1.29, 1.82) is 0 Å². The molecule has 1 amide bonds. The second-order valence-electron chi connectivity index (χ2n) is 6.40. The Morgan fingerprint density at radius 3 is 2.68 bits per heavy atom. The largest absolute Gasteiger partial charge is 0.356 e. The minimum absolute atomic E-state index is 0.0843. The Morgan fingerprint density at radius 2 is 1.96 bits per heavy atom. The standard InChI is InChI=1S/C19H17N3O4S2/c1-12-10-19(23)21-16-11-15(6-7-18(16)27-12)28(24,25)22-14-4-2-13(3-5-14)17-8-9-20-26-17/h2-9,11-12,22H,10H2,1H3,(H,21,23)/t12-/m1/s1. The third kappa shape index (κ3) is 3.90. The summed E-state index contributed by atoms with van der Waals surface area (Å²) in [7, 11) is -3.80. The Kier molecular flexibility index (Phi) is 4.86. The molecule has 0 saturated carbocycles. The molecule has 144 valence electrons. The maximum absolute atomic E-state index is 12.8. The molecule has 4 rings (SSSR count). The van der Waals surface area contributed by atoms with Crippen LogP contribution >= 0.6 is 11.8 Å². The van der Waals surface area contributed by atoms with Crippen molar-refractivity contribution in [2.24, 2.45) is 0 Å². The van der Waals surface area contributed by atoms with Gasteiger partial charge in [-0.1, -0.05) is 12.1 Å². The maximum atomic E-state index is 12.8. The van der Waals surface area contributed by atoms with Crippen molar-refractivity contribution >= 4 is 39.1 Å². The molecule has 2 aromatic carbocycles. The molecule has 0 aliphatic carbocycles. The molecule has 9 heteroatoms. The zero-order valence-corrected chi connectivity index (χ0v) is 16.5. The number of thioether (sulfide) groups is 1. The number of amides is 1.